The molecule has 3 rings (SSSR count). The van der Waals surface area contributed by atoms with Crippen molar-refractivity contribution in [3.8, 4) is 0 Å². The monoisotopic (exact) mass is 385 g/mol. The molecule has 0 aromatic heterocycles. The van der Waals surface area contributed by atoms with Gasteiger partial charge in [0, 0.05) is 30.9 Å². The number of carbonyl (C=O) groups excluding carboxylic acids is 2. The van der Waals surface area contributed by atoms with Crippen molar-refractivity contribution in [3.63, 3.8) is 0 Å². The zero-order valence-corrected chi connectivity index (χ0v) is 16.6. The van der Waals surface area contributed by atoms with Crippen LogP contribution in [0.4, 0.5) is 0 Å². The topological polar surface area (TPSA) is 46.2 Å². The van der Waals surface area contributed by atoms with Crippen molar-refractivity contribution in [2.45, 2.75) is 31.6 Å². The van der Waals surface area contributed by atoms with Gasteiger partial charge in [-0.3, -0.25) is 9.59 Å². The van der Waals surface area contributed by atoms with E-state index >= 15 is 0 Å². The van der Waals surface area contributed by atoms with Crippen molar-refractivity contribution >= 4 is 11.7 Å². The van der Waals surface area contributed by atoms with E-state index in [1.54, 1.807) is 0 Å². The van der Waals surface area contributed by atoms with E-state index in [2.05, 4.69) is 29.6 Å². The first kappa shape index (κ1) is 20.5. The zero-order chi connectivity index (χ0) is 20.3. The van der Waals surface area contributed by atoms with E-state index in [1.165, 1.54) is 11.1 Å². The van der Waals surface area contributed by atoms with Crippen LogP contribution in [0.15, 0.2) is 91.0 Å². The largest absolute Gasteiger partial charge is 0.355 e. The normalized spacial score (nSPS) is 10.7. The predicted molar refractivity (Wildman–Crippen MR) is 117 cm³/mol. The number of nitrogens with one attached hydrogen (secondary N) is 1. The number of ketones is 1. The highest BCUT2D eigenvalue weighted by atomic mass is 16.1. The van der Waals surface area contributed by atoms with Gasteiger partial charge in [-0.15, -0.1) is 0 Å². The molecule has 0 aliphatic heterocycles. The highest BCUT2D eigenvalue weighted by molar-refractivity contribution is 5.95. The Labute approximate surface area is 172 Å². The minimum Gasteiger partial charge on any atom is -0.355 e. The summed E-state index contributed by atoms with van der Waals surface area (Å²) in [6.45, 7) is 0.565. The van der Waals surface area contributed by atoms with E-state index in [-0.39, 0.29) is 17.6 Å². The van der Waals surface area contributed by atoms with Gasteiger partial charge in [-0.25, -0.2) is 0 Å². The van der Waals surface area contributed by atoms with E-state index in [1.807, 2.05) is 66.7 Å². The third-order valence-electron chi connectivity index (χ3n) is 5.06. The van der Waals surface area contributed by atoms with Crippen LogP contribution < -0.4 is 5.32 Å². The quantitative estimate of drug-likeness (QED) is 0.376. The van der Waals surface area contributed by atoms with Gasteiger partial charge in [0.25, 0.3) is 0 Å². The van der Waals surface area contributed by atoms with Gasteiger partial charge in [-0.05, 0) is 24.0 Å². The number of hydrogen-bond donors (Lipinski definition) is 1. The molecule has 3 aromatic rings. The number of Topliss-reactive ketones (excluding diaryl/α,β-unsaturated/α-hetero) is 1. The summed E-state index contributed by atoms with van der Waals surface area (Å²) in [5, 5.41) is 3.08. The molecule has 148 valence electrons. The first-order chi connectivity index (χ1) is 14.2. The lowest BCUT2D eigenvalue weighted by Gasteiger charge is -2.19. The Morgan fingerprint density at radius 3 is 1.69 bits per heavy atom. The number of unbranched alkanes of at least 4 members (excludes halogenated alkanes) is 1. The van der Waals surface area contributed by atoms with Crippen LogP contribution in [-0.4, -0.2) is 18.2 Å². The van der Waals surface area contributed by atoms with Gasteiger partial charge < -0.3 is 5.32 Å². The zero-order valence-electron chi connectivity index (χ0n) is 16.6. The van der Waals surface area contributed by atoms with Gasteiger partial charge in [0.2, 0.25) is 5.91 Å². The Morgan fingerprint density at radius 1 is 0.655 bits per heavy atom. The molecule has 0 aliphatic rings. The van der Waals surface area contributed by atoms with E-state index in [0.29, 0.717) is 25.8 Å². The van der Waals surface area contributed by atoms with Crippen LogP contribution in [0, 0.1) is 0 Å². The fourth-order valence-corrected chi connectivity index (χ4v) is 3.44. The molecule has 0 atom stereocenters. The molecule has 3 heteroatoms. The van der Waals surface area contributed by atoms with Crippen LogP contribution in [0.5, 0.6) is 0 Å². The molecular weight excluding hydrogens is 358 g/mol. The van der Waals surface area contributed by atoms with E-state index in [4.69, 9.17) is 0 Å². The maximum atomic E-state index is 12.3. The number of benzene rings is 3. The lowest BCUT2D eigenvalue weighted by atomic mass is 9.91. The summed E-state index contributed by atoms with van der Waals surface area (Å²) in [5.41, 5.74) is 3.12. The third-order valence-corrected chi connectivity index (χ3v) is 5.06. The summed E-state index contributed by atoms with van der Waals surface area (Å²) in [6.07, 6.45) is 2.36. The third kappa shape index (κ3) is 6.42. The molecule has 3 aromatic carbocycles. The average Bonchev–Trinajstić information content (AvgIpc) is 2.79. The first-order valence-corrected chi connectivity index (χ1v) is 10.2. The Kier molecular flexibility index (Phi) is 7.76. The first-order valence-electron chi connectivity index (χ1n) is 10.2. The van der Waals surface area contributed by atoms with E-state index < -0.39 is 0 Å². The molecule has 0 bridgehead atoms. The average molecular weight is 386 g/mol. The minimum absolute atomic E-state index is 0.0361. The molecule has 1 N–H and O–H groups in total. The van der Waals surface area contributed by atoms with Crippen LogP contribution in [-0.2, 0) is 4.79 Å². The summed E-state index contributed by atoms with van der Waals surface area (Å²) in [5.74, 6) is 0.300. The van der Waals surface area contributed by atoms with Gasteiger partial charge >= 0.3 is 0 Å². The van der Waals surface area contributed by atoms with E-state index in [0.717, 1.165) is 12.0 Å². The number of carbonyl (C=O) groups is 2. The number of amides is 1. The van der Waals surface area contributed by atoms with Crippen molar-refractivity contribution in [1.29, 1.82) is 0 Å². The summed E-state index contributed by atoms with van der Waals surface area (Å²) < 4.78 is 0. The van der Waals surface area contributed by atoms with Crippen LogP contribution >= 0.6 is 0 Å². The van der Waals surface area contributed by atoms with Crippen molar-refractivity contribution in [2.75, 3.05) is 6.54 Å². The standard InChI is InChI=1S/C26H27NO2/c28-25(23-16-8-3-9-17-23)18-10-11-19-26(29)27-20-24(21-12-4-1-5-13-21)22-14-6-2-7-15-22/h1-9,12-17,24H,10-11,18-20H2,(H,27,29). The predicted octanol–water partition coefficient (Wildman–Crippen LogP) is 5.38. The van der Waals surface area contributed by atoms with E-state index in [9.17, 15) is 9.59 Å². The second-order valence-electron chi connectivity index (χ2n) is 7.17. The molecule has 0 unspecified atom stereocenters. The SMILES string of the molecule is O=C(CCCCC(=O)c1ccccc1)NCC(c1ccccc1)c1ccccc1. The maximum Gasteiger partial charge on any atom is 0.220 e. The van der Waals surface area contributed by atoms with Crippen LogP contribution in [0.3, 0.4) is 0 Å². The molecule has 0 heterocycles. The molecule has 0 spiro atoms. The molecule has 0 aliphatic carbocycles. The minimum atomic E-state index is 0.0361. The second kappa shape index (κ2) is 11.0. The lowest BCUT2D eigenvalue weighted by molar-refractivity contribution is -0.121. The summed E-state index contributed by atoms with van der Waals surface area (Å²) in [4.78, 5) is 24.4. The highest BCUT2D eigenvalue weighted by Gasteiger charge is 2.15. The molecule has 1 amide bonds. The van der Waals surface area contributed by atoms with Crippen LogP contribution in [0.1, 0.15) is 53.1 Å². The summed E-state index contributed by atoms with van der Waals surface area (Å²) in [6, 6.07) is 29.8. The van der Waals surface area contributed by atoms with Crippen molar-refractivity contribution in [2.24, 2.45) is 0 Å². The smallest absolute Gasteiger partial charge is 0.220 e. The lowest BCUT2D eigenvalue weighted by Crippen LogP contribution is -2.28. The fourth-order valence-electron chi connectivity index (χ4n) is 3.44. The van der Waals surface area contributed by atoms with Gasteiger partial charge in [-0.1, -0.05) is 91.0 Å². The highest BCUT2D eigenvalue weighted by Crippen LogP contribution is 2.23. The Morgan fingerprint density at radius 2 is 1.14 bits per heavy atom. The Bertz CT molecular complexity index is 852. The molecule has 0 radical (unpaired) electrons. The molecule has 3 nitrogen and oxygen atoms in total. The van der Waals surface area contributed by atoms with Gasteiger partial charge in [-0.2, -0.15) is 0 Å². The Balaban J connectivity index is 1.46. The second-order valence-corrected chi connectivity index (χ2v) is 7.17. The van der Waals surface area contributed by atoms with Gasteiger partial charge in [0.1, 0.15) is 0 Å². The fraction of sp³-hybridized carbons (Fsp3) is 0.231. The molecule has 0 saturated carbocycles. The van der Waals surface area contributed by atoms with Gasteiger partial charge in [0.05, 0.1) is 0 Å². The van der Waals surface area contributed by atoms with Gasteiger partial charge in [0.15, 0.2) is 5.78 Å². The molecule has 29 heavy (non-hydrogen) atoms. The van der Waals surface area contributed by atoms with Crippen molar-refractivity contribution in [3.05, 3.63) is 108 Å². The molecule has 0 saturated heterocycles. The maximum absolute atomic E-state index is 12.3. The molecule has 0 fully saturated rings. The Hall–Kier alpha value is -3.20. The summed E-state index contributed by atoms with van der Waals surface area (Å²) >= 11 is 0. The van der Waals surface area contributed by atoms with Crippen LogP contribution in [0.25, 0.3) is 0 Å². The number of rotatable bonds is 10. The number of hydrogen-bond acceptors (Lipinski definition) is 2. The van der Waals surface area contributed by atoms with Crippen molar-refractivity contribution in [1.82, 2.24) is 5.32 Å². The molecular formula is C26H27NO2. The van der Waals surface area contributed by atoms with Crippen molar-refractivity contribution < 1.29 is 9.59 Å². The summed E-state index contributed by atoms with van der Waals surface area (Å²) in [7, 11) is 0. The van der Waals surface area contributed by atoms with Crippen LogP contribution in [0.2, 0.25) is 0 Å².